The summed E-state index contributed by atoms with van der Waals surface area (Å²) in [6.07, 6.45) is 5.27. The molecular weight excluding hydrogens is 266 g/mol. The van der Waals surface area contributed by atoms with E-state index in [2.05, 4.69) is 25.1 Å². The van der Waals surface area contributed by atoms with Crippen molar-refractivity contribution >= 4 is 11.6 Å². The van der Waals surface area contributed by atoms with Gasteiger partial charge in [-0.3, -0.25) is 19.9 Å². The molecule has 0 saturated carbocycles. The van der Waals surface area contributed by atoms with Crippen molar-refractivity contribution in [2.75, 3.05) is 0 Å². The van der Waals surface area contributed by atoms with Crippen molar-refractivity contribution in [2.24, 2.45) is 0 Å². The second-order valence-electron chi connectivity index (χ2n) is 4.02. The third-order valence-electron chi connectivity index (χ3n) is 2.74. The predicted molar refractivity (Wildman–Crippen MR) is 71.0 cm³/mol. The molecule has 0 aliphatic heterocycles. The Morgan fingerprint density at radius 2 is 2.05 bits per heavy atom. The van der Waals surface area contributed by atoms with Crippen LogP contribution in [-0.2, 0) is 6.42 Å². The van der Waals surface area contributed by atoms with Gasteiger partial charge in [0, 0.05) is 30.7 Å². The molecule has 6 nitrogen and oxygen atoms in total. The molecule has 0 radical (unpaired) electrons. The van der Waals surface area contributed by atoms with Crippen molar-refractivity contribution < 1.29 is 0 Å². The van der Waals surface area contributed by atoms with E-state index in [-0.39, 0.29) is 5.56 Å². The van der Waals surface area contributed by atoms with Crippen molar-refractivity contribution in [1.29, 1.82) is 0 Å². The summed E-state index contributed by atoms with van der Waals surface area (Å²) in [5.41, 5.74) is 2.45. The lowest BCUT2D eigenvalue weighted by Crippen LogP contribution is -2.06. The highest BCUT2D eigenvalue weighted by molar-refractivity contribution is 6.29. The maximum absolute atomic E-state index is 11.6. The fourth-order valence-corrected chi connectivity index (χ4v) is 2.08. The molecule has 19 heavy (non-hydrogen) atoms. The SMILES string of the molecule is O=c1[nH][nH]cc1-c1nccnc1Cc1ccc(Cl)[nH]1. The van der Waals surface area contributed by atoms with Crippen LogP contribution in [0.25, 0.3) is 11.3 Å². The van der Waals surface area contributed by atoms with Gasteiger partial charge >= 0.3 is 0 Å². The highest BCUT2D eigenvalue weighted by Crippen LogP contribution is 2.18. The van der Waals surface area contributed by atoms with Crippen molar-refractivity contribution in [3.63, 3.8) is 0 Å². The third-order valence-corrected chi connectivity index (χ3v) is 2.97. The molecule has 0 spiro atoms. The highest BCUT2D eigenvalue weighted by Gasteiger charge is 2.13. The van der Waals surface area contributed by atoms with Crippen LogP contribution >= 0.6 is 11.6 Å². The molecule has 0 bridgehead atoms. The molecule has 0 saturated heterocycles. The molecule has 3 rings (SSSR count). The summed E-state index contributed by atoms with van der Waals surface area (Å²) < 4.78 is 0. The van der Waals surface area contributed by atoms with E-state index in [9.17, 15) is 4.79 Å². The summed E-state index contributed by atoms with van der Waals surface area (Å²) in [4.78, 5) is 23.2. The molecule has 0 amide bonds. The van der Waals surface area contributed by atoms with Crippen molar-refractivity contribution in [1.82, 2.24) is 25.1 Å². The molecule has 0 unspecified atom stereocenters. The topological polar surface area (TPSA) is 90.2 Å². The minimum Gasteiger partial charge on any atom is -0.349 e. The summed E-state index contributed by atoms with van der Waals surface area (Å²) in [7, 11) is 0. The maximum atomic E-state index is 11.6. The molecular formula is C12H10ClN5O. The third kappa shape index (κ3) is 2.30. The average molecular weight is 276 g/mol. The Bertz CT molecular complexity index is 757. The van der Waals surface area contributed by atoms with Gasteiger partial charge in [-0.15, -0.1) is 0 Å². The molecule has 0 fully saturated rings. The van der Waals surface area contributed by atoms with Crippen LogP contribution in [-0.4, -0.2) is 25.1 Å². The lowest BCUT2D eigenvalue weighted by Gasteiger charge is -2.03. The normalized spacial score (nSPS) is 10.8. The van der Waals surface area contributed by atoms with E-state index in [4.69, 9.17) is 11.6 Å². The summed E-state index contributed by atoms with van der Waals surface area (Å²) in [5, 5.41) is 5.71. The van der Waals surface area contributed by atoms with Crippen molar-refractivity contribution in [3.05, 3.63) is 57.6 Å². The molecule has 0 aliphatic rings. The van der Waals surface area contributed by atoms with Gasteiger partial charge in [-0.2, -0.15) is 0 Å². The zero-order valence-corrected chi connectivity index (χ0v) is 10.5. The van der Waals surface area contributed by atoms with Crippen LogP contribution < -0.4 is 5.56 Å². The van der Waals surface area contributed by atoms with E-state index in [1.807, 2.05) is 6.07 Å². The first-order valence-electron chi connectivity index (χ1n) is 5.64. The summed E-state index contributed by atoms with van der Waals surface area (Å²) in [6, 6.07) is 3.65. The number of aromatic amines is 3. The zero-order chi connectivity index (χ0) is 13.2. The van der Waals surface area contributed by atoms with Crippen LogP contribution in [0.4, 0.5) is 0 Å². The molecule has 7 heteroatoms. The van der Waals surface area contributed by atoms with Gasteiger partial charge in [-0.05, 0) is 12.1 Å². The molecule has 96 valence electrons. The van der Waals surface area contributed by atoms with Crippen LogP contribution in [0.3, 0.4) is 0 Å². The molecule has 0 aromatic carbocycles. The Balaban J connectivity index is 2.03. The monoisotopic (exact) mass is 275 g/mol. The second kappa shape index (κ2) is 4.74. The van der Waals surface area contributed by atoms with E-state index in [1.165, 1.54) is 0 Å². The summed E-state index contributed by atoms with van der Waals surface area (Å²) in [6.45, 7) is 0. The van der Waals surface area contributed by atoms with Crippen LogP contribution in [0, 0.1) is 0 Å². The Labute approximate surface area is 112 Å². The fourth-order valence-electron chi connectivity index (χ4n) is 1.90. The number of hydrogen-bond donors (Lipinski definition) is 3. The van der Waals surface area contributed by atoms with Gasteiger partial charge in [0.05, 0.1) is 17.0 Å². The first-order valence-corrected chi connectivity index (χ1v) is 6.01. The van der Waals surface area contributed by atoms with Gasteiger partial charge < -0.3 is 10.1 Å². The fraction of sp³-hybridized carbons (Fsp3) is 0.0833. The van der Waals surface area contributed by atoms with Crippen LogP contribution in [0.2, 0.25) is 5.15 Å². The quantitative estimate of drug-likeness (QED) is 0.680. The first-order chi connectivity index (χ1) is 9.24. The Kier molecular flexibility index (Phi) is 2.92. The molecule has 0 atom stereocenters. The highest BCUT2D eigenvalue weighted by atomic mass is 35.5. The van der Waals surface area contributed by atoms with E-state index >= 15 is 0 Å². The van der Waals surface area contributed by atoms with Gasteiger partial charge in [0.25, 0.3) is 5.56 Å². The average Bonchev–Trinajstić information content (AvgIpc) is 2.99. The van der Waals surface area contributed by atoms with Gasteiger partial charge in [-0.1, -0.05) is 11.6 Å². The number of halogens is 1. The van der Waals surface area contributed by atoms with E-state index in [0.29, 0.717) is 28.5 Å². The standard InChI is InChI=1S/C12H10ClN5O/c13-10-2-1-7(17-10)5-9-11(15-4-3-14-9)8-6-16-18-12(8)19/h1-4,6,17H,5H2,(H2,16,18,19). The lowest BCUT2D eigenvalue weighted by atomic mass is 10.1. The minimum atomic E-state index is -0.216. The van der Waals surface area contributed by atoms with E-state index in [1.54, 1.807) is 24.7 Å². The number of nitrogens with one attached hydrogen (secondary N) is 3. The van der Waals surface area contributed by atoms with Gasteiger partial charge in [0.1, 0.15) is 5.15 Å². The Morgan fingerprint density at radius 1 is 1.21 bits per heavy atom. The van der Waals surface area contributed by atoms with Crippen LogP contribution in [0.5, 0.6) is 0 Å². The van der Waals surface area contributed by atoms with Crippen molar-refractivity contribution in [3.8, 4) is 11.3 Å². The largest absolute Gasteiger partial charge is 0.349 e. The molecule has 3 aromatic heterocycles. The summed E-state index contributed by atoms with van der Waals surface area (Å²) >= 11 is 5.84. The van der Waals surface area contributed by atoms with E-state index < -0.39 is 0 Å². The number of aromatic nitrogens is 5. The number of nitrogens with zero attached hydrogens (tertiary/aromatic N) is 2. The molecule has 0 aliphatic carbocycles. The first kappa shape index (κ1) is 11.7. The Hall–Kier alpha value is -2.34. The number of H-pyrrole nitrogens is 3. The van der Waals surface area contributed by atoms with Gasteiger partial charge in [0.2, 0.25) is 0 Å². The van der Waals surface area contributed by atoms with Crippen LogP contribution in [0.1, 0.15) is 11.4 Å². The van der Waals surface area contributed by atoms with E-state index in [0.717, 1.165) is 5.69 Å². The Morgan fingerprint density at radius 3 is 2.74 bits per heavy atom. The van der Waals surface area contributed by atoms with Gasteiger partial charge in [-0.25, -0.2) is 0 Å². The molecule has 3 heterocycles. The van der Waals surface area contributed by atoms with Crippen molar-refractivity contribution in [2.45, 2.75) is 6.42 Å². The summed E-state index contributed by atoms with van der Waals surface area (Å²) in [5.74, 6) is 0. The number of rotatable bonds is 3. The second-order valence-corrected chi connectivity index (χ2v) is 4.42. The lowest BCUT2D eigenvalue weighted by molar-refractivity contribution is 1.00. The minimum absolute atomic E-state index is 0.216. The number of hydrogen-bond acceptors (Lipinski definition) is 3. The predicted octanol–water partition coefficient (Wildman–Crippen LogP) is 1.73. The zero-order valence-electron chi connectivity index (χ0n) is 9.77. The van der Waals surface area contributed by atoms with Gasteiger partial charge in [0.15, 0.2) is 0 Å². The van der Waals surface area contributed by atoms with Crippen LogP contribution in [0.15, 0.2) is 35.5 Å². The smallest absolute Gasteiger partial charge is 0.273 e. The maximum Gasteiger partial charge on any atom is 0.273 e. The molecule has 3 N–H and O–H groups in total. The molecule has 3 aromatic rings.